The van der Waals surface area contributed by atoms with Crippen molar-refractivity contribution in [1.82, 2.24) is 14.5 Å². The summed E-state index contributed by atoms with van der Waals surface area (Å²) in [5.41, 5.74) is 2.08. The molecule has 148 valence electrons. The number of aryl methyl sites for hydroxylation is 1. The number of carbonyl (C=O) groups excluding carboxylic acids is 1. The summed E-state index contributed by atoms with van der Waals surface area (Å²) in [5, 5.41) is 5.00. The van der Waals surface area contributed by atoms with Gasteiger partial charge in [-0.05, 0) is 37.3 Å². The van der Waals surface area contributed by atoms with E-state index in [2.05, 4.69) is 9.82 Å². The summed E-state index contributed by atoms with van der Waals surface area (Å²) in [4.78, 5) is 12.6. The number of carbonyl (C=O) groups is 1. The van der Waals surface area contributed by atoms with Gasteiger partial charge < -0.3 is 0 Å². The van der Waals surface area contributed by atoms with Gasteiger partial charge in [0.1, 0.15) is 0 Å². The van der Waals surface area contributed by atoms with Gasteiger partial charge in [-0.3, -0.25) is 9.48 Å². The smallest absolute Gasteiger partial charge is 0.268 e. The molecule has 0 saturated heterocycles. The second-order valence-corrected chi connectivity index (χ2v) is 10.1. The topological polar surface area (TPSA) is 81.1 Å². The van der Waals surface area contributed by atoms with Crippen LogP contribution >= 0.6 is 11.6 Å². The molecule has 27 heavy (non-hydrogen) atoms. The van der Waals surface area contributed by atoms with E-state index in [-0.39, 0.29) is 16.7 Å². The Morgan fingerprint density at radius 1 is 1.22 bits per heavy atom. The third-order valence-electron chi connectivity index (χ3n) is 4.26. The molecule has 0 aliphatic rings. The maximum Gasteiger partial charge on any atom is 0.268 e. The van der Waals surface area contributed by atoms with Crippen LogP contribution in [-0.4, -0.2) is 29.9 Å². The predicted octanol–water partition coefficient (Wildman–Crippen LogP) is 3.70. The first-order valence-corrected chi connectivity index (χ1v) is 10.7. The molecule has 6 nitrogen and oxygen atoms in total. The molecule has 1 heterocycles. The Bertz CT molecular complexity index is 944. The number of nitrogens with zero attached hydrogens (tertiary/aromatic N) is 2. The number of hydrogen-bond acceptors (Lipinski definition) is 4. The predicted molar refractivity (Wildman–Crippen MR) is 108 cm³/mol. The van der Waals surface area contributed by atoms with E-state index in [9.17, 15) is 13.2 Å². The number of benzene rings is 1. The summed E-state index contributed by atoms with van der Waals surface area (Å²) >= 11 is 6.19. The Morgan fingerprint density at radius 2 is 1.85 bits per heavy atom. The van der Waals surface area contributed by atoms with Crippen LogP contribution in [0.15, 0.2) is 24.3 Å². The lowest BCUT2D eigenvalue weighted by Crippen LogP contribution is -2.34. The van der Waals surface area contributed by atoms with E-state index in [1.54, 1.807) is 24.6 Å². The molecule has 1 N–H and O–H groups in total. The lowest BCUT2D eigenvalue weighted by molar-refractivity contribution is 0.0980. The summed E-state index contributed by atoms with van der Waals surface area (Å²) in [6, 6.07) is 7.39. The zero-order valence-corrected chi connectivity index (χ0v) is 17.9. The molecule has 0 saturated carbocycles. The van der Waals surface area contributed by atoms with E-state index in [1.807, 2.05) is 39.0 Å². The average molecular weight is 412 g/mol. The van der Waals surface area contributed by atoms with Gasteiger partial charge in [0.05, 0.1) is 23.6 Å². The average Bonchev–Trinajstić information content (AvgIpc) is 2.81. The molecule has 0 unspecified atom stereocenters. The van der Waals surface area contributed by atoms with E-state index < -0.39 is 15.9 Å². The van der Waals surface area contributed by atoms with Crippen molar-refractivity contribution in [2.24, 2.45) is 5.41 Å². The summed E-state index contributed by atoms with van der Waals surface area (Å²) < 4.78 is 28.3. The Balaban J connectivity index is 2.20. The van der Waals surface area contributed by atoms with Gasteiger partial charge in [-0.2, -0.15) is 5.10 Å². The normalized spacial score (nSPS) is 12.2. The Labute approximate surface area is 166 Å². The molecule has 0 aliphatic heterocycles. The van der Waals surface area contributed by atoms with Crippen LogP contribution in [-0.2, 0) is 16.6 Å². The SMILES string of the molecule is Cc1nn(Cc2ccccc2Cl)c(C)c1C(=O)NS(=O)(=O)CCC(C)(C)C. The van der Waals surface area contributed by atoms with Crippen molar-refractivity contribution in [3.8, 4) is 0 Å². The molecule has 1 aromatic carbocycles. The monoisotopic (exact) mass is 411 g/mol. The summed E-state index contributed by atoms with van der Waals surface area (Å²) in [6.07, 6.45) is 0.458. The van der Waals surface area contributed by atoms with Crippen molar-refractivity contribution in [3.63, 3.8) is 0 Å². The van der Waals surface area contributed by atoms with E-state index in [0.29, 0.717) is 29.4 Å². The van der Waals surface area contributed by atoms with E-state index in [4.69, 9.17) is 11.6 Å². The standard InChI is InChI=1S/C19H26ClN3O3S/c1-13-17(18(24)22-27(25,26)11-10-19(3,4)5)14(2)23(21-13)12-15-8-6-7-9-16(15)20/h6-9H,10-12H2,1-5H3,(H,22,24). The van der Waals surface area contributed by atoms with Crippen molar-refractivity contribution in [2.45, 2.75) is 47.6 Å². The quantitative estimate of drug-likeness (QED) is 0.785. The molecule has 0 fully saturated rings. The fraction of sp³-hybridized carbons (Fsp3) is 0.474. The first-order valence-electron chi connectivity index (χ1n) is 8.72. The summed E-state index contributed by atoms with van der Waals surface area (Å²) in [5.74, 6) is -0.752. The lowest BCUT2D eigenvalue weighted by Gasteiger charge is -2.17. The first kappa shape index (κ1) is 21.4. The second-order valence-electron chi connectivity index (χ2n) is 7.86. The van der Waals surface area contributed by atoms with Gasteiger partial charge in [-0.15, -0.1) is 0 Å². The van der Waals surface area contributed by atoms with Crippen molar-refractivity contribution in [2.75, 3.05) is 5.75 Å². The van der Waals surface area contributed by atoms with Crippen LogP contribution in [0.3, 0.4) is 0 Å². The van der Waals surface area contributed by atoms with Crippen LogP contribution < -0.4 is 4.72 Å². The largest absolute Gasteiger partial charge is 0.268 e. The Hall–Kier alpha value is -1.86. The van der Waals surface area contributed by atoms with E-state index in [1.165, 1.54) is 0 Å². The minimum atomic E-state index is -3.71. The minimum Gasteiger partial charge on any atom is -0.268 e. The van der Waals surface area contributed by atoms with Gasteiger partial charge in [-0.1, -0.05) is 50.6 Å². The Kier molecular flexibility index (Phi) is 6.37. The van der Waals surface area contributed by atoms with Crippen LogP contribution in [0.2, 0.25) is 5.02 Å². The number of sulfonamides is 1. The maximum absolute atomic E-state index is 12.6. The molecular weight excluding hydrogens is 386 g/mol. The zero-order valence-electron chi connectivity index (χ0n) is 16.3. The lowest BCUT2D eigenvalue weighted by atomic mass is 9.94. The van der Waals surface area contributed by atoms with Crippen molar-refractivity contribution >= 4 is 27.5 Å². The molecule has 8 heteroatoms. The highest BCUT2D eigenvalue weighted by atomic mass is 35.5. The highest BCUT2D eigenvalue weighted by Crippen LogP contribution is 2.21. The summed E-state index contributed by atoms with van der Waals surface area (Å²) in [6.45, 7) is 9.70. The third kappa shape index (κ3) is 5.81. The minimum absolute atomic E-state index is 0.103. The molecule has 1 aromatic heterocycles. The third-order valence-corrected chi connectivity index (χ3v) is 5.86. The molecule has 0 atom stereocenters. The van der Waals surface area contributed by atoms with Crippen molar-refractivity contribution in [1.29, 1.82) is 0 Å². The number of halogens is 1. The van der Waals surface area contributed by atoms with Crippen LogP contribution in [0.5, 0.6) is 0 Å². The number of amides is 1. The van der Waals surface area contributed by atoms with Crippen LogP contribution in [0, 0.1) is 19.3 Å². The van der Waals surface area contributed by atoms with Crippen molar-refractivity contribution in [3.05, 3.63) is 51.8 Å². The second kappa shape index (κ2) is 8.02. The van der Waals surface area contributed by atoms with Crippen molar-refractivity contribution < 1.29 is 13.2 Å². The molecule has 0 radical (unpaired) electrons. The molecule has 2 aromatic rings. The molecular formula is C19H26ClN3O3S. The molecule has 0 spiro atoms. The molecule has 1 amide bonds. The highest BCUT2D eigenvalue weighted by Gasteiger charge is 2.24. The van der Waals surface area contributed by atoms with E-state index in [0.717, 1.165) is 5.56 Å². The highest BCUT2D eigenvalue weighted by molar-refractivity contribution is 7.90. The van der Waals surface area contributed by atoms with Crippen LogP contribution in [0.4, 0.5) is 0 Å². The van der Waals surface area contributed by atoms with Crippen LogP contribution in [0.1, 0.15) is 54.5 Å². The number of rotatable bonds is 6. The summed E-state index contributed by atoms with van der Waals surface area (Å²) in [7, 11) is -3.71. The molecule has 2 rings (SSSR count). The number of nitrogens with one attached hydrogen (secondary N) is 1. The fourth-order valence-corrected chi connectivity index (χ4v) is 4.21. The van der Waals surface area contributed by atoms with Gasteiger partial charge >= 0.3 is 0 Å². The van der Waals surface area contributed by atoms with Gasteiger partial charge in [0.25, 0.3) is 5.91 Å². The molecule has 0 bridgehead atoms. The van der Waals surface area contributed by atoms with Gasteiger partial charge in [0.2, 0.25) is 10.0 Å². The fourth-order valence-electron chi connectivity index (χ4n) is 2.65. The maximum atomic E-state index is 12.6. The van der Waals surface area contributed by atoms with Gasteiger partial charge in [0.15, 0.2) is 0 Å². The zero-order chi connectivity index (χ0) is 20.4. The molecule has 0 aliphatic carbocycles. The number of aromatic nitrogens is 2. The Morgan fingerprint density at radius 3 is 2.44 bits per heavy atom. The van der Waals surface area contributed by atoms with Gasteiger partial charge in [-0.25, -0.2) is 13.1 Å². The number of hydrogen-bond donors (Lipinski definition) is 1. The first-order chi connectivity index (χ1) is 12.4. The van der Waals surface area contributed by atoms with Crippen LogP contribution in [0.25, 0.3) is 0 Å². The van der Waals surface area contributed by atoms with Gasteiger partial charge in [0, 0.05) is 10.7 Å². The van der Waals surface area contributed by atoms with E-state index >= 15 is 0 Å².